The van der Waals surface area contributed by atoms with E-state index < -0.39 is 67.2 Å². The van der Waals surface area contributed by atoms with E-state index in [0.717, 1.165) is 27.7 Å². The summed E-state index contributed by atoms with van der Waals surface area (Å²) in [4.78, 5) is 57.5. The Balaban J connectivity index is 3.30. The van der Waals surface area contributed by atoms with Crippen molar-refractivity contribution in [1.82, 2.24) is 0 Å². The number of alkyl halides is 1. The van der Waals surface area contributed by atoms with Gasteiger partial charge in [0.15, 0.2) is 12.2 Å². The van der Waals surface area contributed by atoms with Gasteiger partial charge in [0.2, 0.25) is 12.4 Å². The summed E-state index contributed by atoms with van der Waals surface area (Å²) in [5, 5.41) is -0.195. The lowest BCUT2D eigenvalue weighted by Crippen LogP contribution is -2.63. The maximum Gasteiger partial charge on any atom is 0.319 e. The highest BCUT2D eigenvalue weighted by Gasteiger charge is 2.53. The molecule has 0 bridgehead atoms. The Kier molecular flexibility index (Phi) is 9.32. The Labute approximate surface area is 169 Å². The van der Waals surface area contributed by atoms with Crippen molar-refractivity contribution in [3.05, 3.63) is 0 Å². The molecule has 0 saturated carbocycles. The normalized spacial score (nSPS) is 26.5. The van der Waals surface area contributed by atoms with Gasteiger partial charge in [0.1, 0.15) is 18.0 Å². The summed E-state index contributed by atoms with van der Waals surface area (Å²) in [5.41, 5.74) is 0. The fraction of sp³-hybridized carbons (Fsp3) is 0.688. The van der Waals surface area contributed by atoms with Crippen molar-refractivity contribution < 1.29 is 52.4 Å². The Hall–Kier alpha value is -2.21. The summed E-state index contributed by atoms with van der Waals surface area (Å²) >= 11 is 2.92. The Morgan fingerprint density at radius 1 is 0.750 bits per heavy atom. The van der Waals surface area contributed by atoms with Crippen LogP contribution in [-0.2, 0) is 52.4 Å². The lowest BCUT2D eigenvalue weighted by Gasteiger charge is -2.43. The molecule has 5 atom stereocenters. The third-order valence-corrected chi connectivity index (χ3v) is 3.76. The van der Waals surface area contributed by atoms with Gasteiger partial charge >= 0.3 is 29.8 Å². The molecular formula is C16H21BrO11. The molecule has 11 nitrogen and oxygen atoms in total. The molecular weight excluding hydrogens is 448 g/mol. The van der Waals surface area contributed by atoms with Gasteiger partial charge in [-0.1, -0.05) is 15.9 Å². The van der Waals surface area contributed by atoms with Crippen LogP contribution >= 0.6 is 15.9 Å². The summed E-state index contributed by atoms with van der Waals surface area (Å²) in [6.45, 7) is 4.02. The highest BCUT2D eigenvalue weighted by Crippen LogP contribution is 2.30. The molecule has 1 aliphatic rings. The minimum atomic E-state index is -1.51. The summed E-state index contributed by atoms with van der Waals surface area (Å²) in [5.74, 6) is -3.73. The van der Waals surface area contributed by atoms with Crippen molar-refractivity contribution in [3.63, 3.8) is 0 Å². The van der Waals surface area contributed by atoms with Crippen LogP contribution in [0.3, 0.4) is 0 Å². The highest BCUT2D eigenvalue weighted by molar-refractivity contribution is 9.09. The molecule has 0 aromatic heterocycles. The van der Waals surface area contributed by atoms with Crippen LogP contribution in [0, 0.1) is 0 Å². The van der Waals surface area contributed by atoms with E-state index in [-0.39, 0.29) is 5.33 Å². The first-order valence-corrected chi connectivity index (χ1v) is 9.23. The summed E-state index contributed by atoms with van der Waals surface area (Å²) < 4.78 is 31.0. The molecule has 0 spiro atoms. The first-order chi connectivity index (χ1) is 13.0. The van der Waals surface area contributed by atoms with Gasteiger partial charge in [0.05, 0.1) is 0 Å². The number of ether oxygens (including phenoxy) is 6. The van der Waals surface area contributed by atoms with Gasteiger partial charge in [-0.05, 0) is 0 Å². The number of halogens is 1. The molecule has 28 heavy (non-hydrogen) atoms. The van der Waals surface area contributed by atoms with E-state index in [9.17, 15) is 24.0 Å². The van der Waals surface area contributed by atoms with E-state index >= 15 is 0 Å². The van der Waals surface area contributed by atoms with Crippen molar-refractivity contribution in [2.75, 3.05) is 11.9 Å². The van der Waals surface area contributed by atoms with E-state index in [2.05, 4.69) is 15.9 Å². The van der Waals surface area contributed by atoms with Crippen LogP contribution in [0.25, 0.3) is 0 Å². The average molecular weight is 469 g/mol. The van der Waals surface area contributed by atoms with Crippen molar-refractivity contribution in [2.24, 2.45) is 0 Å². The Morgan fingerprint density at radius 3 is 1.71 bits per heavy atom. The molecule has 0 unspecified atom stereocenters. The monoisotopic (exact) mass is 468 g/mol. The molecule has 0 aromatic carbocycles. The largest absolute Gasteiger partial charge is 0.463 e. The van der Waals surface area contributed by atoms with E-state index in [4.69, 9.17) is 28.4 Å². The fourth-order valence-corrected chi connectivity index (χ4v) is 2.58. The molecule has 1 rings (SSSR count). The number of hydrogen-bond donors (Lipinski definition) is 0. The Morgan fingerprint density at radius 2 is 1.25 bits per heavy atom. The standard InChI is InChI=1S/C16H21BrO11/c1-7(18)23-6-11-13(24-8(2)19)14(25-9(3)20)15(26-10(4)21)16(27-11)28-12(22)5-17/h11,13-16H,5-6H2,1-4H3/t11-,13+,14+,15-,16-/m1/s1. The van der Waals surface area contributed by atoms with Crippen LogP contribution in [0.15, 0.2) is 0 Å². The SMILES string of the molecule is CC(=O)OC[C@H]1O[C@H](OC(=O)CBr)[C@H](OC(C)=O)[C@@H](OC(C)=O)[C@H]1OC(C)=O. The molecule has 0 aliphatic carbocycles. The maximum absolute atomic E-state index is 11.7. The predicted molar refractivity (Wildman–Crippen MR) is 91.8 cm³/mol. The topological polar surface area (TPSA) is 141 Å². The smallest absolute Gasteiger partial charge is 0.319 e. The maximum atomic E-state index is 11.7. The molecule has 1 heterocycles. The van der Waals surface area contributed by atoms with Crippen LogP contribution in [0.2, 0.25) is 0 Å². The van der Waals surface area contributed by atoms with E-state index in [0.29, 0.717) is 0 Å². The van der Waals surface area contributed by atoms with Crippen LogP contribution in [0.4, 0.5) is 0 Å². The quantitative estimate of drug-likeness (QED) is 0.283. The minimum Gasteiger partial charge on any atom is -0.463 e. The van der Waals surface area contributed by atoms with Gasteiger partial charge in [0, 0.05) is 27.7 Å². The zero-order valence-electron chi connectivity index (χ0n) is 15.7. The second-order valence-electron chi connectivity index (χ2n) is 5.69. The van der Waals surface area contributed by atoms with E-state index in [1.54, 1.807) is 0 Å². The Bertz CT molecular complexity index is 620. The minimum absolute atomic E-state index is 0.195. The van der Waals surface area contributed by atoms with Crippen LogP contribution in [-0.4, -0.2) is 72.5 Å². The second kappa shape index (κ2) is 11.0. The van der Waals surface area contributed by atoms with Gasteiger partial charge < -0.3 is 28.4 Å². The highest BCUT2D eigenvalue weighted by atomic mass is 79.9. The van der Waals surface area contributed by atoms with Gasteiger partial charge in [-0.3, -0.25) is 24.0 Å². The number of hydrogen-bond acceptors (Lipinski definition) is 11. The van der Waals surface area contributed by atoms with Gasteiger partial charge in [-0.2, -0.15) is 0 Å². The molecule has 0 amide bonds. The van der Waals surface area contributed by atoms with Gasteiger partial charge in [-0.25, -0.2) is 0 Å². The fourth-order valence-electron chi connectivity index (χ4n) is 2.44. The lowest BCUT2D eigenvalue weighted by atomic mass is 9.98. The van der Waals surface area contributed by atoms with Crippen molar-refractivity contribution in [3.8, 4) is 0 Å². The van der Waals surface area contributed by atoms with E-state index in [1.165, 1.54) is 0 Å². The summed E-state index contributed by atoms with van der Waals surface area (Å²) in [7, 11) is 0. The number of rotatable bonds is 7. The number of carbonyl (C=O) groups is 5. The van der Waals surface area contributed by atoms with Crippen LogP contribution in [0.5, 0.6) is 0 Å². The zero-order chi connectivity index (χ0) is 21.4. The molecule has 12 heteroatoms. The first kappa shape index (κ1) is 23.8. The zero-order valence-corrected chi connectivity index (χ0v) is 17.3. The van der Waals surface area contributed by atoms with Crippen LogP contribution in [0.1, 0.15) is 27.7 Å². The van der Waals surface area contributed by atoms with Crippen molar-refractivity contribution >= 4 is 45.8 Å². The molecule has 1 saturated heterocycles. The lowest BCUT2D eigenvalue weighted by molar-refractivity contribution is -0.300. The molecule has 0 aromatic rings. The van der Waals surface area contributed by atoms with Crippen molar-refractivity contribution in [1.29, 1.82) is 0 Å². The van der Waals surface area contributed by atoms with E-state index in [1.807, 2.05) is 0 Å². The van der Waals surface area contributed by atoms with Crippen LogP contribution < -0.4 is 0 Å². The summed E-state index contributed by atoms with van der Waals surface area (Å²) in [6, 6.07) is 0. The number of esters is 5. The molecule has 0 radical (unpaired) electrons. The third-order valence-electron chi connectivity index (χ3n) is 3.30. The number of carbonyl (C=O) groups excluding carboxylic acids is 5. The van der Waals surface area contributed by atoms with Gasteiger partial charge in [-0.15, -0.1) is 0 Å². The predicted octanol–water partition coefficient (Wildman–Crippen LogP) is 0.00760. The average Bonchev–Trinajstić information content (AvgIpc) is 2.57. The first-order valence-electron chi connectivity index (χ1n) is 8.11. The molecule has 0 N–H and O–H groups in total. The molecule has 1 fully saturated rings. The third kappa shape index (κ3) is 7.43. The summed E-state index contributed by atoms with van der Waals surface area (Å²) in [6.07, 6.45) is -6.79. The second-order valence-corrected chi connectivity index (χ2v) is 6.25. The van der Waals surface area contributed by atoms with Crippen molar-refractivity contribution in [2.45, 2.75) is 58.4 Å². The molecule has 1 aliphatic heterocycles. The van der Waals surface area contributed by atoms with Gasteiger partial charge in [0.25, 0.3) is 0 Å². The molecule has 158 valence electrons.